The van der Waals surface area contributed by atoms with Gasteiger partial charge in [-0.15, -0.1) is 0 Å². The van der Waals surface area contributed by atoms with E-state index in [0.29, 0.717) is 11.3 Å². The fourth-order valence-corrected chi connectivity index (χ4v) is 1.84. The molecule has 0 saturated heterocycles. The first-order valence-corrected chi connectivity index (χ1v) is 6.00. The lowest BCUT2D eigenvalue weighted by atomic mass is 10.1. The maximum absolute atomic E-state index is 12.0. The van der Waals surface area contributed by atoms with Crippen LogP contribution in [-0.4, -0.2) is 25.2 Å². The number of nitrogens with one attached hydrogen (secondary N) is 1. The third kappa shape index (κ3) is 2.92. The molecule has 0 unspecified atom stereocenters. The standard InChI is InChI=1S/C15H12N2O4/c1-20-12-3-4-13-9(7-12)5-10(14(18)17-13)6-11(8-16)15(19)21-2/h3-7H,1-2H3,(H,17,18)/b11-6+. The van der Waals surface area contributed by atoms with Gasteiger partial charge in [-0.25, -0.2) is 4.79 Å². The fourth-order valence-electron chi connectivity index (χ4n) is 1.84. The number of rotatable bonds is 3. The minimum Gasteiger partial charge on any atom is -0.497 e. The highest BCUT2D eigenvalue weighted by Crippen LogP contribution is 2.19. The summed E-state index contributed by atoms with van der Waals surface area (Å²) >= 11 is 0. The molecule has 0 amide bonds. The average molecular weight is 284 g/mol. The number of ether oxygens (including phenoxy) is 2. The fraction of sp³-hybridized carbons (Fsp3) is 0.133. The van der Waals surface area contributed by atoms with E-state index >= 15 is 0 Å². The molecule has 0 radical (unpaired) electrons. The normalized spacial score (nSPS) is 11.0. The number of esters is 1. The lowest BCUT2D eigenvalue weighted by Crippen LogP contribution is -2.11. The van der Waals surface area contributed by atoms with Crippen molar-refractivity contribution in [2.45, 2.75) is 0 Å². The van der Waals surface area contributed by atoms with E-state index in [1.165, 1.54) is 13.2 Å². The van der Waals surface area contributed by atoms with Crippen LogP contribution in [0.1, 0.15) is 5.56 Å². The summed E-state index contributed by atoms with van der Waals surface area (Å²) in [5.74, 6) is -0.152. The molecule has 0 aliphatic rings. The number of methoxy groups -OCH3 is 2. The van der Waals surface area contributed by atoms with Gasteiger partial charge >= 0.3 is 5.97 Å². The van der Waals surface area contributed by atoms with Gasteiger partial charge < -0.3 is 14.5 Å². The average Bonchev–Trinajstić information content (AvgIpc) is 2.51. The summed E-state index contributed by atoms with van der Waals surface area (Å²) in [6.45, 7) is 0. The van der Waals surface area contributed by atoms with Gasteiger partial charge in [0.05, 0.1) is 14.2 Å². The summed E-state index contributed by atoms with van der Waals surface area (Å²) in [7, 11) is 2.71. The summed E-state index contributed by atoms with van der Waals surface area (Å²) in [4.78, 5) is 26.0. The largest absolute Gasteiger partial charge is 0.497 e. The topological polar surface area (TPSA) is 92.2 Å². The molecule has 6 heteroatoms. The number of hydrogen-bond donors (Lipinski definition) is 1. The van der Waals surface area contributed by atoms with Gasteiger partial charge in [-0.05, 0) is 30.3 Å². The van der Waals surface area contributed by atoms with Crippen LogP contribution in [0, 0.1) is 11.3 Å². The van der Waals surface area contributed by atoms with Crippen LogP contribution < -0.4 is 10.3 Å². The van der Waals surface area contributed by atoms with Gasteiger partial charge in [0.2, 0.25) is 0 Å². The van der Waals surface area contributed by atoms with Crippen molar-refractivity contribution >= 4 is 22.9 Å². The minimum atomic E-state index is -0.789. The number of aromatic nitrogens is 1. The van der Waals surface area contributed by atoms with Crippen LogP contribution in [0.3, 0.4) is 0 Å². The van der Waals surface area contributed by atoms with Crippen molar-refractivity contribution in [3.8, 4) is 11.8 Å². The van der Waals surface area contributed by atoms with Crippen LogP contribution in [0.4, 0.5) is 0 Å². The molecular formula is C15H12N2O4. The molecule has 6 nitrogen and oxygen atoms in total. The second kappa shape index (κ2) is 5.92. The highest BCUT2D eigenvalue weighted by molar-refractivity contribution is 5.98. The third-order valence-electron chi connectivity index (χ3n) is 2.91. The quantitative estimate of drug-likeness (QED) is 0.525. The van der Waals surface area contributed by atoms with E-state index < -0.39 is 11.5 Å². The third-order valence-corrected chi connectivity index (χ3v) is 2.91. The second-order valence-corrected chi connectivity index (χ2v) is 4.17. The maximum Gasteiger partial charge on any atom is 0.348 e. The van der Waals surface area contributed by atoms with E-state index in [9.17, 15) is 9.59 Å². The van der Waals surface area contributed by atoms with Crippen LogP contribution in [0.5, 0.6) is 5.75 Å². The lowest BCUT2D eigenvalue weighted by molar-refractivity contribution is -0.135. The first-order chi connectivity index (χ1) is 10.1. The van der Waals surface area contributed by atoms with Crippen LogP contribution in [0.25, 0.3) is 17.0 Å². The van der Waals surface area contributed by atoms with Crippen molar-refractivity contribution < 1.29 is 14.3 Å². The molecule has 0 spiro atoms. The molecular weight excluding hydrogens is 272 g/mol. The monoisotopic (exact) mass is 284 g/mol. The van der Waals surface area contributed by atoms with Crippen LogP contribution >= 0.6 is 0 Å². The van der Waals surface area contributed by atoms with Gasteiger partial charge in [-0.1, -0.05) is 0 Å². The SMILES string of the molecule is COC(=O)/C(C#N)=C/c1cc2cc(OC)ccc2[nH]c1=O. The zero-order chi connectivity index (χ0) is 15.4. The van der Waals surface area contributed by atoms with E-state index in [0.717, 1.165) is 5.39 Å². The Hall–Kier alpha value is -3.07. The van der Waals surface area contributed by atoms with Gasteiger partial charge in [0, 0.05) is 16.5 Å². The highest BCUT2D eigenvalue weighted by atomic mass is 16.5. The molecule has 0 saturated carbocycles. The molecule has 106 valence electrons. The van der Waals surface area contributed by atoms with Crippen molar-refractivity contribution in [2.24, 2.45) is 0 Å². The predicted molar refractivity (Wildman–Crippen MR) is 76.7 cm³/mol. The summed E-state index contributed by atoms with van der Waals surface area (Å²) in [6, 6.07) is 8.47. The van der Waals surface area contributed by atoms with Crippen molar-refractivity contribution in [3.63, 3.8) is 0 Å². The summed E-state index contributed by atoms with van der Waals surface area (Å²) < 4.78 is 9.59. The Balaban J connectivity index is 2.61. The van der Waals surface area contributed by atoms with Gasteiger partial charge in [0.15, 0.2) is 0 Å². The minimum absolute atomic E-state index is 0.192. The van der Waals surface area contributed by atoms with E-state index in [4.69, 9.17) is 10.00 Å². The second-order valence-electron chi connectivity index (χ2n) is 4.17. The molecule has 0 fully saturated rings. The van der Waals surface area contributed by atoms with Crippen molar-refractivity contribution in [2.75, 3.05) is 14.2 Å². The number of nitrogens with zero attached hydrogens (tertiary/aromatic N) is 1. The van der Waals surface area contributed by atoms with Crippen LogP contribution in [0.2, 0.25) is 0 Å². The van der Waals surface area contributed by atoms with Gasteiger partial charge in [0.25, 0.3) is 5.56 Å². The molecule has 2 rings (SSSR count). The van der Waals surface area contributed by atoms with E-state index in [2.05, 4.69) is 9.72 Å². The number of H-pyrrole nitrogens is 1. The Morgan fingerprint density at radius 3 is 2.71 bits per heavy atom. The molecule has 1 heterocycles. The van der Waals surface area contributed by atoms with Crippen LogP contribution in [-0.2, 0) is 9.53 Å². The van der Waals surface area contributed by atoms with E-state index in [1.807, 2.05) is 0 Å². The molecule has 21 heavy (non-hydrogen) atoms. The number of nitriles is 1. The Morgan fingerprint density at radius 2 is 2.10 bits per heavy atom. The number of benzene rings is 1. The number of aromatic amines is 1. The smallest absolute Gasteiger partial charge is 0.348 e. The molecule has 1 aromatic carbocycles. The van der Waals surface area contributed by atoms with Crippen molar-refractivity contribution in [3.05, 3.63) is 45.8 Å². The number of carbonyl (C=O) groups is 1. The number of carbonyl (C=O) groups excluding carboxylic acids is 1. The zero-order valence-corrected chi connectivity index (χ0v) is 11.5. The number of hydrogen-bond acceptors (Lipinski definition) is 5. The summed E-state index contributed by atoms with van der Waals surface area (Å²) in [6.07, 6.45) is 1.20. The highest BCUT2D eigenvalue weighted by Gasteiger charge is 2.10. The van der Waals surface area contributed by atoms with Gasteiger partial charge in [-0.3, -0.25) is 4.79 Å². The first kappa shape index (κ1) is 14.3. The molecule has 1 N–H and O–H groups in total. The molecule has 2 aromatic rings. The summed E-state index contributed by atoms with van der Waals surface area (Å²) in [5.41, 5.74) is 0.182. The Kier molecular flexibility index (Phi) is 4.05. The van der Waals surface area contributed by atoms with E-state index in [-0.39, 0.29) is 11.1 Å². The predicted octanol–water partition coefficient (Wildman–Crippen LogP) is 1.62. The molecule has 1 aromatic heterocycles. The first-order valence-electron chi connectivity index (χ1n) is 6.00. The molecule has 0 aliphatic carbocycles. The number of fused-ring (bicyclic) bond motifs is 1. The molecule has 0 bridgehead atoms. The van der Waals surface area contributed by atoms with Crippen molar-refractivity contribution in [1.82, 2.24) is 4.98 Å². The lowest BCUT2D eigenvalue weighted by Gasteiger charge is -2.03. The summed E-state index contributed by atoms with van der Waals surface area (Å²) in [5, 5.41) is 9.65. The Morgan fingerprint density at radius 1 is 1.33 bits per heavy atom. The molecule has 0 atom stereocenters. The number of pyridine rings is 1. The maximum atomic E-state index is 12.0. The zero-order valence-electron chi connectivity index (χ0n) is 11.5. The Bertz CT molecular complexity index is 828. The van der Waals surface area contributed by atoms with Gasteiger partial charge in [0.1, 0.15) is 17.4 Å². The van der Waals surface area contributed by atoms with Crippen molar-refractivity contribution in [1.29, 1.82) is 5.26 Å². The Labute approximate surface area is 120 Å². The van der Waals surface area contributed by atoms with Crippen LogP contribution in [0.15, 0.2) is 34.6 Å². The van der Waals surface area contributed by atoms with Gasteiger partial charge in [-0.2, -0.15) is 5.26 Å². The molecule has 0 aliphatic heterocycles. The van der Waals surface area contributed by atoms with E-state index in [1.54, 1.807) is 37.4 Å².